The van der Waals surface area contributed by atoms with Crippen molar-refractivity contribution in [2.45, 2.75) is 31.8 Å². The van der Waals surface area contributed by atoms with E-state index in [9.17, 15) is 4.39 Å². The Morgan fingerprint density at radius 3 is 2.50 bits per heavy atom. The molecule has 0 unspecified atom stereocenters. The maximum absolute atomic E-state index is 14.1. The van der Waals surface area contributed by atoms with Crippen molar-refractivity contribution in [1.82, 2.24) is 19.4 Å². The van der Waals surface area contributed by atoms with E-state index in [0.717, 1.165) is 47.5 Å². The van der Waals surface area contributed by atoms with Gasteiger partial charge in [-0.3, -0.25) is 4.90 Å². The first-order valence-electron chi connectivity index (χ1n) is 10.7. The minimum Gasteiger partial charge on any atom is -0.339 e. The highest BCUT2D eigenvalue weighted by Gasteiger charge is 2.32. The van der Waals surface area contributed by atoms with E-state index in [1.807, 2.05) is 48.8 Å². The molecule has 0 aliphatic carbocycles. The second kappa shape index (κ2) is 7.03. The minimum atomic E-state index is -0.162. The van der Waals surface area contributed by atoms with Gasteiger partial charge in [-0.05, 0) is 49.7 Å². The van der Waals surface area contributed by atoms with Crippen LogP contribution in [0, 0.1) is 5.82 Å². The van der Waals surface area contributed by atoms with Crippen LogP contribution in [0.15, 0.2) is 60.9 Å². The van der Waals surface area contributed by atoms with E-state index in [1.165, 1.54) is 24.1 Å². The van der Waals surface area contributed by atoms with Gasteiger partial charge in [-0.1, -0.05) is 30.3 Å². The van der Waals surface area contributed by atoms with Gasteiger partial charge >= 0.3 is 0 Å². The summed E-state index contributed by atoms with van der Waals surface area (Å²) in [5.74, 6) is 1.12. The Labute approximate surface area is 175 Å². The van der Waals surface area contributed by atoms with Crippen molar-refractivity contribution in [2.24, 2.45) is 0 Å². The lowest BCUT2D eigenvalue weighted by molar-refractivity contribution is 0.219. The summed E-state index contributed by atoms with van der Waals surface area (Å²) in [4.78, 5) is 11.7. The molecule has 5 heterocycles. The lowest BCUT2D eigenvalue weighted by atomic mass is 9.94. The van der Waals surface area contributed by atoms with Gasteiger partial charge in [0.15, 0.2) is 5.82 Å². The summed E-state index contributed by atoms with van der Waals surface area (Å²) in [5.41, 5.74) is 5.90. The van der Waals surface area contributed by atoms with Crippen molar-refractivity contribution in [1.29, 1.82) is 0 Å². The van der Waals surface area contributed by atoms with Crippen LogP contribution in [0.4, 0.5) is 4.39 Å². The molecule has 2 bridgehead atoms. The Morgan fingerprint density at radius 1 is 0.967 bits per heavy atom. The molecule has 0 amide bonds. The van der Waals surface area contributed by atoms with Gasteiger partial charge in [0.05, 0.1) is 6.54 Å². The molecule has 0 spiro atoms. The quantitative estimate of drug-likeness (QED) is 0.488. The van der Waals surface area contributed by atoms with Crippen molar-refractivity contribution >= 4 is 10.9 Å². The molecule has 150 valence electrons. The molecule has 0 radical (unpaired) electrons. The van der Waals surface area contributed by atoms with Gasteiger partial charge in [-0.25, -0.2) is 14.4 Å². The van der Waals surface area contributed by atoms with E-state index in [2.05, 4.69) is 19.4 Å². The zero-order valence-electron chi connectivity index (χ0n) is 16.8. The Morgan fingerprint density at radius 2 is 1.73 bits per heavy atom. The number of rotatable bonds is 3. The van der Waals surface area contributed by atoms with E-state index in [1.54, 1.807) is 12.1 Å². The molecule has 4 nitrogen and oxygen atoms in total. The van der Waals surface area contributed by atoms with Crippen LogP contribution in [0.2, 0.25) is 0 Å². The van der Waals surface area contributed by atoms with E-state index < -0.39 is 0 Å². The molecule has 2 aromatic carbocycles. The topological polar surface area (TPSA) is 34.0 Å². The van der Waals surface area contributed by atoms with Gasteiger partial charge in [0.25, 0.3) is 0 Å². The number of aromatic nitrogens is 3. The van der Waals surface area contributed by atoms with Gasteiger partial charge in [0.2, 0.25) is 0 Å². The molecule has 0 N–H and O–H groups in total. The van der Waals surface area contributed by atoms with Gasteiger partial charge in [-0.15, -0.1) is 0 Å². The molecular weight excluding hydrogens is 375 g/mol. The fourth-order valence-corrected chi connectivity index (χ4v) is 5.16. The monoisotopic (exact) mass is 398 g/mol. The number of benzene rings is 2. The smallest absolute Gasteiger partial charge is 0.159 e. The van der Waals surface area contributed by atoms with Crippen molar-refractivity contribution in [3.8, 4) is 11.4 Å². The van der Waals surface area contributed by atoms with Crippen molar-refractivity contribution in [3.05, 3.63) is 83.6 Å². The van der Waals surface area contributed by atoms with Crippen molar-refractivity contribution in [3.63, 3.8) is 0 Å². The molecular formula is C25H23FN4. The van der Waals surface area contributed by atoms with Gasteiger partial charge < -0.3 is 4.57 Å². The zero-order chi connectivity index (χ0) is 20.1. The maximum atomic E-state index is 14.1. The third-order valence-electron chi connectivity index (χ3n) is 6.61. The number of piperidine rings is 1. The summed E-state index contributed by atoms with van der Waals surface area (Å²) in [6, 6.07) is 15.3. The first-order chi connectivity index (χ1) is 14.8. The molecule has 3 aliphatic heterocycles. The zero-order valence-corrected chi connectivity index (χ0v) is 16.8. The average molecular weight is 398 g/mol. The standard InChI is InChI=1S/C25H23FN4/c26-20-6-7-23-21(12-20)22-16-29-10-8-18(9-11-29)24(22)30(23)15-17-13-27-25(28-14-17)19-4-2-1-3-5-19/h1-7,12-14,18H,8-11,15-16H2. The third-order valence-corrected chi connectivity index (χ3v) is 6.61. The number of nitrogens with zero attached hydrogens (tertiary/aromatic N) is 4. The highest BCUT2D eigenvalue weighted by atomic mass is 19.1. The van der Waals surface area contributed by atoms with Crippen LogP contribution in [0.25, 0.3) is 22.3 Å². The number of hydrogen-bond acceptors (Lipinski definition) is 3. The Kier molecular flexibility index (Phi) is 4.16. The van der Waals surface area contributed by atoms with E-state index in [-0.39, 0.29) is 5.82 Å². The van der Waals surface area contributed by atoms with E-state index in [4.69, 9.17) is 0 Å². The van der Waals surface area contributed by atoms with E-state index >= 15 is 0 Å². The number of halogens is 1. The summed E-state index contributed by atoms with van der Waals surface area (Å²) in [7, 11) is 0. The van der Waals surface area contributed by atoms with Gasteiger partial charge in [0.1, 0.15) is 5.82 Å². The highest BCUT2D eigenvalue weighted by Crippen LogP contribution is 2.41. The van der Waals surface area contributed by atoms with Crippen molar-refractivity contribution < 1.29 is 4.39 Å². The Balaban J connectivity index is 1.43. The summed E-state index contributed by atoms with van der Waals surface area (Å²) in [6.07, 6.45) is 6.20. The highest BCUT2D eigenvalue weighted by molar-refractivity contribution is 5.86. The largest absolute Gasteiger partial charge is 0.339 e. The molecule has 1 fully saturated rings. The second-order valence-electron chi connectivity index (χ2n) is 8.44. The van der Waals surface area contributed by atoms with Crippen LogP contribution in [0.5, 0.6) is 0 Å². The van der Waals surface area contributed by atoms with Crippen LogP contribution in [0.1, 0.15) is 35.6 Å². The fourth-order valence-electron chi connectivity index (χ4n) is 5.16. The normalized spacial score (nSPS) is 20.3. The fraction of sp³-hybridized carbons (Fsp3) is 0.280. The predicted octanol–water partition coefficient (Wildman–Crippen LogP) is 4.98. The van der Waals surface area contributed by atoms with Crippen LogP contribution in [-0.2, 0) is 13.1 Å². The molecule has 7 rings (SSSR count). The Bertz CT molecular complexity index is 1210. The molecule has 5 heteroatoms. The van der Waals surface area contributed by atoms with Crippen molar-refractivity contribution in [2.75, 3.05) is 13.1 Å². The third kappa shape index (κ3) is 2.92. The summed E-state index contributed by atoms with van der Waals surface area (Å²) >= 11 is 0. The lowest BCUT2D eigenvalue weighted by Crippen LogP contribution is -2.29. The molecule has 0 saturated carbocycles. The van der Waals surface area contributed by atoms with E-state index in [0.29, 0.717) is 12.5 Å². The van der Waals surface area contributed by atoms with Crippen LogP contribution >= 0.6 is 0 Å². The molecule has 3 aliphatic rings. The summed E-state index contributed by atoms with van der Waals surface area (Å²) in [6.45, 7) is 3.89. The molecule has 2 aromatic heterocycles. The summed E-state index contributed by atoms with van der Waals surface area (Å²) in [5, 5.41) is 1.06. The predicted molar refractivity (Wildman–Crippen MR) is 116 cm³/mol. The molecule has 1 saturated heterocycles. The van der Waals surface area contributed by atoms with Crippen LogP contribution < -0.4 is 0 Å². The van der Waals surface area contributed by atoms with Gasteiger partial charge in [-0.2, -0.15) is 0 Å². The number of hydrogen-bond donors (Lipinski definition) is 0. The first-order valence-corrected chi connectivity index (χ1v) is 10.7. The van der Waals surface area contributed by atoms with Gasteiger partial charge in [0, 0.05) is 52.6 Å². The lowest BCUT2D eigenvalue weighted by Gasteiger charge is -2.27. The maximum Gasteiger partial charge on any atom is 0.159 e. The first kappa shape index (κ1) is 17.8. The van der Waals surface area contributed by atoms with Crippen LogP contribution in [0.3, 0.4) is 0 Å². The molecule has 4 aromatic rings. The minimum absolute atomic E-state index is 0.162. The Hall–Kier alpha value is -3.05. The molecule has 30 heavy (non-hydrogen) atoms. The SMILES string of the molecule is Fc1ccc2c(c1)c1c(n2Cc2cnc(-c3ccccc3)nc2)C2CCN(CC2)C1. The second-order valence-corrected chi connectivity index (χ2v) is 8.44. The van der Waals surface area contributed by atoms with Crippen LogP contribution in [-0.4, -0.2) is 32.5 Å². The average Bonchev–Trinajstić information content (AvgIpc) is 2.92. The molecule has 0 atom stereocenters. The summed E-state index contributed by atoms with van der Waals surface area (Å²) < 4.78 is 16.5. The number of fused-ring (bicyclic) bond motifs is 3.